The first-order chi connectivity index (χ1) is 12.4. The number of nitrogens with zero attached hydrogens (tertiary/aromatic N) is 2. The van der Waals surface area contributed by atoms with Gasteiger partial charge in [-0.3, -0.25) is 10.3 Å². The van der Waals surface area contributed by atoms with Gasteiger partial charge in [0.25, 0.3) is 0 Å². The molecule has 2 N–H and O–H groups in total. The summed E-state index contributed by atoms with van der Waals surface area (Å²) in [5, 5.41) is 9.25. The predicted octanol–water partition coefficient (Wildman–Crippen LogP) is 4.80. The average Bonchev–Trinajstić information content (AvgIpc) is 3.05. The number of aromatic nitrogens is 2. The highest BCUT2D eigenvalue weighted by Gasteiger charge is 2.20. The summed E-state index contributed by atoms with van der Waals surface area (Å²) in [7, 11) is 0. The van der Waals surface area contributed by atoms with E-state index < -0.39 is 6.03 Å². The van der Waals surface area contributed by atoms with Crippen LogP contribution in [-0.4, -0.2) is 16.2 Å². The number of anilines is 2. The largest absolute Gasteiger partial charge is 0.457 e. The van der Waals surface area contributed by atoms with E-state index in [-0.39, 0.29) is 5.41 Å². The zero-order valence-corrected chi connectivity index (χ0v) is 14.8. The van der Waals surface area contributed by atoms with E-state index in [1.165, 1.54) is 0 Å². The summed E-state index contributed by atoms with van der Waals surface area (Å²) in [5.41, 5.74) is 0.413. The molecule has 3 aromatic rings. The maximum absolute atomic E-state index is 12.2. The third-order valence-electron chi connectivity index (χ3n) is 3.47. The standard InChI is InChI=1S/C19H20N4O3/c1-19(2,3)16-12-17(23-26-16)22-18(24)21-13-5-4-6-15(11-13)25-14-7-9-20-10-8-14/h4-12H,1-3H3,(H2,21,22,23,24). The highest BCUT2D eigenvalue weighted by atomic mass is 16.5. The lowest BCUT2D eigenvalue weighted by Crippen LogP contribution is -2.19. The van der Waals surface area contributed by atoms with Crippen molar-refractivity contribution in [2.75, 3.05) is 10.6 Å². The Balaban J connectivity index is 1.62. The third kappa shape index (κ3) is 4.60. The molecule has 2 amide bonds. The molecule has 0 atom stereocenters. The van der Waals surface area contributed by atoms with Gasteiger partial charge in [-0.1, -0.05) is 32.0 Å². The third-order valence-corrected chi connectivity index (χ3v) is 3.47. The van der Waals surface area contributed by atoms with Crippen LogP contribution in [0.4, 0.5) is 16.3 Å². The Hall–Kier alpha value is -3.35. The Morgan fingerprint density at radius 1 is 1.04 bits per heavy atom. The fraction of sp³-hybridized carbons (Fsp3) is 0.211. The van der Waals surface area contributed by atoms with Crippen LogP contribution in [0.3, 0.4) is 0 Å². The molecule has 0 saturated heterocycles. The molecule has 0 aliphatic heterocycles. The first-order valence-electron chi connectivity index (χ1n) is 8.13. The lowest BCUT2D eigenvalue weighted by molar-refractivity contribution is 0.262. The van der Waals surface area contributed by atoms with Crippen molar-refractivity contribution in [3.05, 3.63) is 60.6 Å². The summed E-state index contributed by atoms with van der Waals surface area (Å²) in [5.74, 6) is 2.32. The maximum atomic E-state index is 12.2. The maximum Gasteiger partial charge on any atom is 0.324 e. The Bertz CT molecular complexity index is 885. The normalized spacial score (nSPS) is 11.0. The van der Waals surface area contributed by atoms with Crippen LogP contribution >= 0.6 is 0 Å². The molecule has 1 aromatic carbocycles. The highest BCUT2D eigenvalue weighted by Crippen LogP contribution is 2.25. The number of hydrogen-bond donors (Lipinski definition) is 2. The molecule has 7 heteroatoms. The van der Waals surface area contributed by atoms with Crippen molar-refractivity contribution in [3.63, 3.8) is 0 Å². The monoisotopic (exact) mass is 352 g/mol. The topological polar surface area (TPSA) is 89.3 Å². The molecule has 26 heavy (non-hydrogen) atoms. The van der Waals surface area contributed by atoms with Gasteiger partial charge in [0, 0.05) is 35.6 Å². The van der Waals surface area contributed by atoms with Gasteiger partial charge in [0.15, 0.2) is 5.82 Å². The van der Waals surface area contributed by atoms with Gasteiger partial charge in [0.2, 0.25) is 0 Å². The van der Waals surface area contributed by atoms with Crippen molar-refractivity contribution in [1.29, 1.82) is 0 Å². The lowest BCUT2D eigenvalue weighted by Gasteiger charge is -2.12. The molecule has 2 heterocycles. The SMILES string of the molecule is CC(C)(C)c1cc(NC(=O)Nc2cccc(Oc3ccncc3)c2)no1. The van der Waals surface area contributed by atoms with Gasteiger partial charge < -0.3 is 14.6 Å². The molecule has 0 bridgehead atoms. The van der Waals surface area contributed by atoms with Crippen LogP contribution < -0.4 is 15.4 Å². The summed E-state index contributed by atoms with van der Waals surface area (Å²) in [6.07, 6.45) is 3.29. The Labute approximate surface area is 151 Å². The fourth-order valence-electron chi connectivity index (χ4n) is 2.15. The van der Waals surface area contributed by atoms with Crippen molar-refractivity contribution in [2.24, 2.45) is 0 Å². The highest BCUT2D eigenvalue weighted by molar-refractivity contribution is 5.99. The zero-order chi connectivity index (χ0) is 18.6. The fourth-order valence-corrected chi connectivity index (χ4v) is 2.15. The molecule has 0 saturated carbocycles. The smallest absolute Gasteiger partial charge is 0.324 e. The summed E-state index contributed by atoms with van der Waals surface area (Å²) in [6.45, 7) is 6.02. The van der Waals surface area contributed by atoms with Crippen LogP contribution in [0, 0.1) is 0 Å². The van der Waals surface area contributed by atoms with Crippen LogP contribution in [0.5, 0.6) is 11.5 Å². The first-order valence-corrected chi connectivity index (χ1v) is 8.13. The van der Waals surface area contributed by atoms with E-state index in [9.17, 15) is 4.79 Å². The number of amides is 2. The molecule has 0 fully saturated rings. The van der Waals surface area contributed by atoms with Gasteiger partial charge in [-0.15, -0.1) is 0 Å². The van der Waals surface area contributed by atoms with Gasteiger partial charge in [-0.2, -0.15) is 0 Å². The van der Waals surface area contributed by atoms with Crippen molar-refractivity contribution < 1.29 is 14.1 Å². The second-order valence-electron chi connectivity index (χ2n) is 6.72. The van der Waals surface area contributed by atoms with Crippen LogP contribution in [0.2, 0.25) is 0 Å². The van der Waals surface area contributed by atoms with E-state index in [4.69, 9.17) is 9.26 Å². The quantitative estimate of drug-likeness (QED) is 0.704. The average molecular weight is 352 g/mol. The summed E-state index contributed by atoms with van der Waals surface area (Å²) >= 11 is 0. The zero-order valence-electron chi connectivity index (χ0n) is 14.8. The molecule has 0 aliphatic carbocycles. The van der Waals surface area contributed by atoms with Crippen LogP contribution in [-0.2, 0) is 5.41 Å². The van der Waals surface area contributed by atoms with Crippen molar-refractivity contribution in [1.82, 2.24) is 10.1 Å². The lowest BCUT2D eigenvalue weighted by atomic mass is 9.93. The Kier molecular flexibility index (Phi) is 4.88. The van der Waals surface area contributed by atoms with Gasteiger partial charge in [-0.25, -0.2) is 4.79 Å². The number of carbonyl (C=O) groups excluding carboxylic acids is 1. The number of ether oxygens (including phenoxy) is 1. The Morgan fingerprint density at radius 3 is 2.50 bits per heavy atom. The second-order valence-corrected chi connectivity index (χ2v) is 6.72. The molecule has 2 aromatic heterocycles. The number of nitrogens with one attached hydrogen (secondary N) is 2. The van der Waals surface area contributed by atoms with Crippen molar-refractivity contribution in [2.45, 2.75) is 26.2 Å². The summed E-state index contributed by atoms with van der Waals surface area (Å²) in [4.78, 5) is 16.1. The predicted molar refractivity (Wildman–Crippen MR) is 98.6 cm³/mol. The van der Waals surface area contributed by atoms with Crippen LogP contribution in [0.15, 0.2) is 59.4 Å². The van der Waals surface area contributed by atoms with E-state index in [1.807, 2.05) is 20.8 Å². The summed E-state index contributed by atoms with van der Waals surface area (Å²) < 4.78 is 11.0. The van der Waals surface area contributed by atoms with Crippen LogP contribution in [0.1, 0.15) is 26.5 Å². The second kappa shape index (κ2) is 7.26. The minimum absolute atomic E-state index is 0.179. The van der Waals surface area contributed by atoms with E-state index in [1.54, 1.807) is 54.9 Å². The number of carbonyl (C=O) groups is 1. The van der Waals surface area contributed by atoms with Gasteiger partial charge in [0.05, 0.1) is 0 Å². The molecule has 7 nitrogen and oxygen atoms in total. The minimum Gasteiger partial charge on any atom is -0.457 e. The van der Waals surface area contributed by atoms with Gasteiger partial charge in [0.1, 0.15) is 17.3 Å². The first kappa shape index (κ1) is 17.5. The molecule has 0 spiro atoms. The van der Waals surface area contributed by atoms with Gasteiger partial charge in [-0.05, 0) is 24.3 Å². The molecular weight excluding hydrogens is 332 g/mol. The Morgan fingerprint density at radius 2 is 1.81 bits per heavy atom. The van der Waals surface area contributed by atoms with E-state index in [0.717, 1.165) is 0 Å². The molecule has 134 valence electrons. The van der Waals surface area contributed by atoms with E-state index in [0.29, 0.717) is 28.8 Å². The molecule has 3 rings (SSSR count). The molecular formula is C19H20N4O3. The van der Waals surface area contributed by atoms with Gasteiger partial charge >= 0.3 is 6.03 Å². The number of pyridine rings is 1. The number of urea groups is 1. The molecule has 0 radical (unpaired) electrons. The van der Waals surface area contributed by atoms with E-state index >= 15 is 0 Å². The molecule has 0 unspecified atom stereocenters. The van der Waals surface area contributed by atoms with Crippen molar-refractivity contribution >= 4 is 17.5 Å². The van der Waals surface area contributed by atoms with E-state index in [2.05, 4.69) is 20.8 Å². The van der Waals surface area contributed by atoms with Crippen molar-refractivity contribution in [3.8, 4) is 11.5 Å². The minimum atomic E-state index is -0.417. The number of benzene rings is 1. The molecule has 0 aliphatic rings. The van der Waals surface area contributed by atoms with Crippen LogP contribution in [0.25, 0.3) is 0 Å². The number of hydrogen-bond acceptors (Lipinski definition) is 5. The summed E-state index contributed by atoms with van der Waals surface area (Å²) in [6, 6.07) is 11.9. The number of rotatable bonds is 4.